The van der Waals surface area contributed by atoms with Crippen LogP contribution in [0.3, 0.4) is 0 Å². The van der Waals surface area contributed by atoms with Gasteiger partial charge in [0.1, 0.15) is 0 Å². The summed E-state index contributed by atoms with van der Waals surface area (Å²) in [7, 11) is 0. The molecule has 0 aliphatic heterocycles. The Morgan fingerprint density at radius 3 is 1.29 bits per heavy atom. The SMILES string of the molecule is FN(F)C1CCCCCCC1N(F)F. The molecule has 1 aliphatic carbocycles. The van der Waals surface area contributed by atoms with Gasteiger partial charge in [0.2, 0.25) is 0 Å². The highest BCUT2D eigenvalue weighted by Gasteiger charge is 2.34. The van der Waals surface area contributed by atoms with Crippen molar-refractivity contribution in [1.29, 1.82) is 0 Å². The lowest BCUT2D eigenvalue weighted by Gasteiger charge is -2.28. The number of hydrogen-bond acceptors (Lipinski definition) is 2. The van der Waals surface area contributed by atoms with Crippen LogP contribution in [0.1, 0.15) is 38.5 Å². The minimum atomic E-state index is -1.33. The first-order valence-electron chi connectivity index (χ1n) is 4.84. The molecule has 0 N–H and O–H groups in total. The molecule has 2 nitrogen and oxygen atoms in total. The van der Waals surface area contributed by atoms with E-state index in [0.29, 0.717) is 12.8 Å². The van der Waals surface area contributed by atoms with E-state index in [9.17, 15) is 17.9 Å². The molecular weight excluding hydrogens is 200 g/mol. The summed E-state index contributed by atoms with van der Waals surface area (Å²) in [5.74, 6) is 0. The molecule has 2 atom stereocenters. The third-order valence-electron chi connectivity index (χ3n) is 2.70. The summed E-state index contributed by atoms with van der Waals surface area (Å²) in [5, 5.41) is -2.13. The highest BCUT2D eigenvalue weighted by molar-refractivity contribution is 4.78. The lowest BCUT2D eigenvalue weighted by atomic mass is 9.93. The fraction of sp³-hybridized carbons (Fsp3) is 1.00. The van der Waals surface area contributed by atoms with Gasteiger partial charge in [-0.2, -0.15) is 0 Å². The smallest absolute Gasteiger partial charge is 0.0939 e. The summed E-state index contributed by atoms with van der Waals surface area (Å²) in [6.45, 7) is 0. The van der Waals surface area contributed by atoms with Crippen molar-refractivity contribution in [2.45, 2.75) is 50.6 Å². The van der Waals surface area contributed by atoms with Crippen molar-refractivity contribution in [2.24, 2.45) is 0 Å². The molecule has 0 spiro atoms. The maximum Gasteiger partial charge on any atom is 0.0939 e. The summed E-state index contributed by atoms with van der Waals surface area (Å²) in [6, 6.07) is -2.66. The summed E-state index contributed by atoms with van der Waals surface area (Å²) in [5.41, 5.74) is 0. The van der Waals surface area contributed by atoms with Gasteiger partial charge in [0, 0.05) is 10.7 Å². The molecule has 6 heteroatoms. The van der Waals surface area contributed by atoms with Gasteiger partial charge < -0.3 is 0 Å². The fourth-order valence-corrected chi connectivity index (χ4v) is 1.90. The molecule has 84 valence electrons. The highest BCUT2D eigenvalue weighted by Crippen LogP contribution is 2.26. The Kier molecular flexibility index (Phi) is 4.60. The quantitative estimate of drug-likeness (QED) is 0.514. The minimum Gasteiger partial charge on any atom is -0.101 e. The molecule has 0 bridgehead atoms. The zero-order chi connectivity index (χ0) is 10.6. The van der Waals surface area contributed by atoms with Crippen LogP contribution < -0.4 is 0 Å². The number of nitrogens with zero attached hydrogens (tertiary/aromatic N) is 2. The predicted molar refractivity (Wildman–Crippen MR) is 43.4 cm³/mol. The van der Waals surface area contributed by atoms with E-state index in [-0.39, 0.29) is 12.8 Å². The second kappa shape index (κ2) is 5.50. The second-order valence-electron chi connectivity index (χ2n) is 3.64. The molecule has 1 fully saturated rings. The van der Waals surface area contributed by atoms with Gasteiger partial charge in [-0.25, -0.2) is 0 Å². The summed E-state index contributed by atoms with van der Waals surface area (Å²) in [4.78, 5) is 0. The maximum atomic E-state index is 12.3. The molecular formula is C8H14F4N2. The van der Waals surface area contributed by atoms with Gasteiger partial charge in [-0.15, -0.1) is 17.9 Å². The largest absolute Gasteiger partial charge is 0.101 e. The van der Waals surface area contributed by atoms with E-state index in [1.54, 1.807) is 0 Å². The summed E-state index contributed by atoms with van der Waals surface area (Å²) >= 11 is 0. The minimum absolute atomic E-state index is 0.141. The van der Waals surface area contributed by atoms with Gasteiger partial charge in [-0.05, 0) is 12.8 Å². The monoisotopic (exact) mass is 214 g/mol. The Morgan fingerprint density at radius 2 is 1.00 bits per heavy atom. The van der Waals surface area contributed by atoms with Crippen LogP contribution in [0.25, 0.3) is 0 Å². The zero-order valence-electron chi connectivity index (χ0n) is 7.80. The van der Waals surface area contributed by atoms with Crippen LogP contribution in [0, 0.1) is 0 Å². The van der Waals surface area contributed by atoms with Crippen LogP contribution in [0.15, 0.2) is 0 Å². The first kappa shape index (κ1) is 11.7. The lowest BCUT2D eigenvalue weighted by Crippen LogP contribution is -2.41. The topological polar surface area (TPSA) is 6.48 Å². The Bertz CT molecular complexity index is 147. The third kappa shape index (κ3) is 3.09. The van der Waals surface area contributed by atoms with E-state index in [1.807, 2.05) is 0 Å². The van der Waals surface area contributed by atoms with Gasteiger partial charge in [-0.3, -0.25) is 0 Å². The van der Waals surface area contributed by atoms with Gasteiger partial charge in [0.25, 0.3) is 0 Å². The molecule has 0 aromatic heterocycles. The normalized spacial score (nSPS) is 30.4. The summed E-state index contributed by atoms with van der Waals surface area (Å²) < 4.78 is 49.3. The van der Waals surface area contributed by atoms with Gasteiger partial charge in [0.05, 0.1) is 12.1 Å². The van der Waals surface area contributed by atoms with Crippen LogP contribution in [0.2, 0.25) is 0 Å². The number of hydrogen-bond donors (Lipinski definition) is 0. The van der Waals surface area contributed by atoms with E-state index in [0.717, 1.165) is 12.8 Å². The molecule has 1 rings (SSSR count). The van der Waals surface area contributed by atoms with Gasteiger partial charge >= 0.3 is 0 Å². The molecule has 1 aliphatic rings. The van der Waals surface area contributed by atoms with Gasteiger partial charge in [-0.1, -0.05) is 25.7 Å². The average molecular weight is 214 g/mol. The first-order chi connectivity index (χ1) is 6.63. The van der Waals surface area contributed by atoms with Crippen LogP contribution in [0.4, 0.5) is 17.9 Å². The Balaban J connectivity index is 2.60. The van der Waals surface area contributed by atoms with Crippen molar-refractivity contribution in [1.82, 2.24) is 10.7 Å². The maximum absolute atomic E-state index is 12.3. The standard InChI is InChI=1S/C8H14F4N2/c9-13(10)7-5-3-1-2-4-6-8(7)14(11)12/h7-8H,1-6H2. The number of halogens is 4. The second-order valence-corrected chi connectivity index (χ2v) is 3.64. The molecule has 0 saturated heterocycles. The Hall–Kier alpha value is -0.360. The third-order valence-corrected chi connectivity index (χ3v) is 2.70. The fourth-order valence-electron chi connectivity index (χ4n) is 1.90. The molecule has 0 aromatic rings. The Morgan fingerprint density at radius 1 is 0.643 bits per heavy atom. The molecule has 1 saturated carbocycles. The average Bonchev–Trinajstić information content (AvgIpc) is 2.01. The highest BCUT2D eigenvalue weighted by atomic mass is 19.4. The van der Waals surface area contributed by atoms with Crippen LogP contribution in [-0.2, 0) is 0 Å². The van der Waals surface area contributed by atoms with Crippen LogP contribution in [-0.4, -0.2) is 22.8 Å². The van der Waals surface area contributed by atoms with Crippen molar-refractivity contribution >= 4 is 0 Å². The van der Waals surface area contributed by atoms with Crippen molar-refractivity contribution in [3.63, 3.8) is 0 Å². The van der Waals surface area contributed by atoms with Gasteiger partial charge in [0.15, 0.2) is 0 Å². The van der Waals surface area contributed by atoms with E-state index >= 15 is 0 Å². The van der Waals surface area contributed by atoms with E-state index in [2.05, 4.69) is 0 Å². The molecule has 0 amide bonds. The Labute approximate surface area is 80.2 Å². The van der Waals surface area contributed by atoms with E-state index < -0.39 is 22.8 Å². The predicted octanol–water partition coefficient (Wildman–Crippen LogP) is 3.22. The molecule has 2 unspecified atom stereocenters. The first-order valence-corrected chi connectivity index (χ1v) is 4.84. The lowest BCUT2D eigenvalue weighted by molar-refractivity contribution is -0.261. The van der Waals surface area contributed by atoms with E-state index in [1.165, 1.54) is 0 Å². The molecule has 0 heterocycles. The van der Waals surface area contributed by atoms with Crippen molar-refractivity contribution in [3.05, 3.63) is 0 Å². The molecule has 14 heavy (non-hydrogen) atoms. The van der Waals surface area contributed by atoms with Crippen molar-refractivity contribution in [3.8, 4) is 0 Å². The van der Waals surface area contributed by atoms with Crippen LogP contribution >= 0.6 is 0 Å². The molecule has 0 aromatic carbocycles. The van der Waals surface area contributed by atoms with Crippen molar-refractivity contribution < 1.29 is 17.9 Å². The summed E-state index contributed by atoms with van der Waals surface area (Å²) in [6.07, 6.45) is 3.19. The zero-order valence-corrected chi connectivity index (χ0v) is 7.80. The van der Waals surface area contributed by atoms with Crippen LogP contribution in [0.5, 0.6) is 0 Å². The van der Waals surface area contributed by atoms with E-state index in [4.69, 9.17) is 0 Å². The molecule has 0 radical (unpaired) electrons. The van der Waals surface area contributed by atoms with Crippen molar-refractivity contribution in [2.75, 3.05) is 0 Å². The number of rotatable bonds is 2.